The molecular formula is C16H23N3O2S. The van der Waals surface area contributed by atoms with E-state index in [4.69, 9.17) is 0 Å². The van der Waals surface area contributed by atoms with E-state index in [0.717, 1.165) is 17.8 Å². The van der Waals surface area contributed by atoms with Crippen LogP contribution in [0.1, 0.15) is 37.9 Å². The summed E-state index contributed by atoms with van der Waals surface area (Å²) in [7, 11) is -1.91. The second-order valence-electron chi connectivity index (χ2n) is 5.65. The molecule has 0 spiro atoms. The summed E-state index contributed by atoms with van der Waals surface area (Å²) < 4.78 is 28.3. The van der Waals surface area contributed by atoms with Crippen LogP contribution in [0.2, 0.25) is 0 Å². The number of sulfonamides is 1. The van der Waals surface area contributed by atoms with Gasteiger partial charge in [-0.25, -0.2) is 8.42 Å². The Morgan fingerprint density at radius 2 is 1.82 bits per heavy atom. The standard InChI is InChI=1S/C16H23N3O2S/c1-5-19-11-10-15(17-19)12-18(4)22(20,21)16-8-6-14(7-9-16)13(2)3/h6-11,13H,5,12H2,1-4H3. The first-order valence-corrected chi connectivity index (χ1v) is 8.87. The van der Waals surface area contributed by atoms with Crippen LogP contribution in [0.4, 0.5) is 0 Å². The van der Waals surface area contributed by atoms with E-state index >= 15 is 0 Å². The molecule has 22 heavy (non-hydrogen) atoms. The molecule has 0 fully saturated rings. The van der Waals surface area contributed by atoms with Gasteiger partial charge in [0.15, 0.2) is 0 Å². The van der Waals surface area contributed by atoms with Crippen molar-refractivity contribution >= 4 is 10.0 Å². The van der Waals surface area contributed by atoms with Crippen molar-refractivity contribution in [3.05, 3.63) is 47.8 Å². The van der Waals surface area contributed by atoms with Crippen LogP contribution in [-0.4, -0.2) is 29.6 Å². The Balaban J connectivity index is 2.17. The molecule has 0 unspecified atom stereocenters. The molecule has 5 nitrogen and oxygen atoms in total. The number of nitrogens with zero attached hydrogens (tertiary/aromatic N) is 3. The molecule has 6 heteroatoms. The lowest BCUT2D eigenvalue weighted by molar-refractivity contribution is 0.458. The lowest BCUT2D eigenvalue weighted by Crippen LogP contribution is -2.26. The number of aromatic nitrogens is 2. The lowest BCUT2D eigenvalue weighted by atomic mass is 10.0. The fourth-order valence-electron chi connectivity index (χ4n) is 2.18. The predicted molar refractivity (Wildman–Crippen MR) is 87.1 cm³/mol. The second kappa shape index (κ2) is 6.62. The van der Waals surface area contributed by atoms with Crippen molar-refractivity contribution in [1.29, 1.82) is 0 Å². The summed E-state index contributed by atoms with van der Waals surface area (Å²) in [5.74, 6) is 0.382. The van der Waals surface area contributed by atoms with Gasteiger partial charge in [0.25, 0.3) is 0 Å². The Bertz CT molecular complexity index is 718. The van der Waals surface area contributed by atoms with Gasteiger partial charge >= 0.3 is 0 Å². The zero-order valence-electron chi connectivity index (χ0n) is 13.5. The van der Waals surface area contributed by atoms with E-state index in [9.17, 15) is 8.42 Å². The van der Waals surface area contributed by atoms with Crippen LogP contribution in [0.3, 0.4) is 0 Å². The van der Waals surface area contributed by atoms with E-state index in [0.29, 0.717) is 10.8 Å². The van der Waals surface area contributed by atoms with Crippen molar-refractivity contribution in [2.75, 3.05) is 7.05 Å². The van der Waals surface area contributed by atoms with E-state index in [1.165, 1.54) is 4.31 Å². The van der Waals surface area contributed by atoms with Crippen molar-refractivity contribution < 1.29 is 8.42 Å². The molecule has 0 atom stereocenters. The highest BCUT2D eigenvalue weighted by atomic mass is 32.2. The Kier molecular flexibility index (Phi) is 5.03. The first kappa shape index (κ1) is 16.7. The monoisotopic (exact) mass is 321 g/mol. The molecule has 1 aromatic carbocycles. The molecule has 1 aromatic heterocycles. The molecule has 0 radical (unpaired) electrons. The van der Waals surface area contributed by atoms with Crippen molar-refractivity contribution in [3.8, 4) is 0 Å². The minimum Gasteiger partial charge on any atom is -0.273 e. The first-order chi connectivity index (χ1) is 10.3. The topological polar surface area (TPSA) is 55.2 Å². The van der Waals surface area contributed by atoms with Gasteiger partial charge in [0.05, 0.1) is 17.1 Å². The van der Waals surface area contributed by atoms with Crippen LogP contribution in [0, 0.1) is 0 Å². The molecule has 0 aliphatic rings. The van der Waals surface area contributed by atoms with Gasteiger partial charge in [-0.1, -0.05) is 26.0 Å². The third kappa shape index (κ3) is 3.56. The zero-order valence-corrected chi connectivity index (χ0v) is 14.3. The van der Waals surface area contributed by atoms with Crippen LogP contribution in [-0.2, 0) is 23.1 Å². The minimum atomic E-state index is -3.49. The normalized spacial score (nSPS) is 12.3. The van der Waals surface area contributed by atoms with E-state index < -0.39 is 10.0 Å². The quantitative estimate of drug-likeness (QED) is 0.822. The van der Waals surface area contributed by atoms with E-state index in [-0.39, 0.29) is 6.54 Å². The summed E-state index contributed by atoms with van der Waals surface area (Å²) in [4.78, 5) is 0.314. The summed E-state index contributed by atoms with van der Waals surface area (Å²) in [5, 5.41) is 4.32. The molecule has 0 amide bonds. The van der Waals surface area contributed by atoms with Crippen LogP contribution < -0.4 is 0 Å². The van der Waals surface area contributed by atoms with Crippen molar-refractivity contribution in [1.82, 2.24) is 14.1 Å². The van der Waals surface area contributed by atoms with Gasteiger partial charge in [0.2, 0.25) is 10.0 Å². The van der Waals surface area contributed by atoms with Gasteiger partial charge in [-0.05, 0) is 36.6 Å². The van der Waals surface area contributed by atoms with Crippen LogP contribution >= 0.6 is 0 Å². The molecule has 0 aliphatic heterocycles. The molecule has 0 saturated heterocycles. The molecule has 0 bridgehead atoms. The smallest absolute Gasteiger partial charge is 0.243 e. The SMILES string of the molecule is CCn1ccc(CN(C)S(=O)(=O)c2ccc(C(C)C)cc2)n1. The fraction of sp³-hybridized carbons (Fsp3) is 0.438. The predicted octanol–water partition coefficient (Wildman–Crippen LogP) is 2.85. The van der Waals surface area contributed by atoms with E-state index in [2.05, 4.69) is 18.9 Å². The summed E-state index contributed by atoms with van der Waals surface area (Å²) in [6, 6.07) is 8.93. The van der Waals surface area contributed by atoms with E-state index in [1.54, 1.807) is 23.9 Å². The molecule has 0 aliphatic carbocycles. The summed E-state index contributed by atoms with van der Waals surface area (Å²) in [6.45, 7) is 7.20. The van der Waals surface area contributed by atoms with Gasteiger partial charge in [0.1, 0.15) is 0 Å². The van der Waals surface area contributed by atoms with Gasteiger partial charge in [-0.3, -0.25) is 4.68 Å². The van der Waals surface area contributed by atoms with Crippen molar-refractivity contribution in [2.45, 2.75) is 44.7 Å². The Hall–Kier alpha value is -1.66. The highest BCUT2D eigenvalue weighted by molar-refractivity contribution is 7.89. The van der Waals surface area contributed by atoms with Crippen LogP contribution in [0.5, 0.6) is 0 Å². The fourth-order valence-corrected chi connectivity index (χ4v) is 3.32. The number of rotatable bonds is 6. The highest BCUT2D eigenvalue weighted by Gasteiger charge is 2.21. The first-order valence-electron chi connectivity index (χ1n) is 7.43. The molecule has 1 heterocycles. The summed E-state index contributed by atoms with van der Waals surface area (Å²) in [6.07, 6.45) is 1.85. The third-order valence-corrected chi connectivity index (χ3v) is 5.48. The highest BCUT2D eigenvalue weighted by Crippen LogP contribution is 2.20. The molecule has 2 aromatic rings. The Morgan fingerprint density at radius 1 is 1.18 bits per heavy atom. The summed E-state index contributed by atoms with van der Waals surface area (Å²) in [5.41, 5.74) is 1.87. The number of benzene rings is 1. The number of aryl methyl sites for hydroxylation is 1. The number of hydrogen-bond donors (Lipinski definition) is 0. The van der Waals surface area contributed by atoms with E-state index in [1.807, 2.05) is 31.3 Å². The Morgan fingerprint density at radius 3 is 2.32 bits per heavy atom. The average molecular weight is 321 g/mol. The maximum Gasteiger partial charge on any atom is 0.243 e. The van der Waals surface area contributed by atoms with Crippen LogP contribution in [0.15, 0.2) is 41.4 Å². The van der Waals surface area contributed by atoms with Crippen LogP contribution in [0.25, 0.3) is 0 Å². The maximum atomic E-state index is 12.6. The molecule has 120 valence electrons. The largest absolute Gasteiger partial charge is 0.273 e. The number of hydrogen-bond acceptors (Lipinski definition) is 3. The molecule has 0 N–H and O–H groups in total. The molecule has 0 saturated carbocycles. The second-order valence-corrected chi connectivity index (χ2v) is 7.69. The van der Waals surface area contributed by atoms with Crippen molar-refractivity contribution in [3.63, 3.8) is 0 Å². The van der Waals surface area contributed by atoms with Gasteiger partial charge < -0.3 is 0 Å². The van der Waals surface area contributed by atoms with Gasteiger partial charge in [-0.15, -0.1) is 0 Å². The minimum absolute atomic E-state index is 0.265. The van der Waals surface area contributed by atoms with Gasteiger partial charge in [-0.2, -0.15) is 9.40 Å². The average Bonchev–Trinajstić information content (AvgIpc) is 2.95. The Labute approximate surface area is 132 Å². The third-order valence-electron chi connectivity index (χ3n) is 3.66. The van der Waals surface area contributed by atoms with Crippen molar-refractivity contribution in [2.24, 2.45) is 0 Å². The lowest BCUT2D eigenvalue weighted by Gasteiger charge is -2.16. The van der Waals surface area contributed by atoms with Gasteiger partial charge in [0, 0.05) is 19.8 Å². The summed E-state index contributed by atoms with van der Waals surface area (Å²) >= 11 is 0. The maximum absolute atomic E-state index is 12.6. The molecular weight excluding hydrogens is 298 g/mol. The zero-order chi connectivity index (χ0) is 16.3. The molecule has 2 rings (SSSR count).